The molecule has 0 saturated heterocycles. The molecule has 0 aliphatic heterocycles. The van der Waals surface area contributed by atoms with Gasteiger partial charge in [-0.25, -0.2) is 9.59 Å². The van der Waals surface area contributed by atoms with Crippen molar-refractivity contribution < 1.29 is 23.5 Å². The number of likely N-dealkylation sites (N-methyl/N-ethyl adjacent to an activating group) is 1. The number of aliphatic carboxylic acids is 1. The van der Waals surface area contributed by atoms with Gasteiger partial charge in [-0.2, -0.15) is 0 Å². The zero-order valence-electron chi connectivity index (χ0n) is 12.3. The van der Waals surface area contributed by atoms with Crippen LogP contribution in [-0.2, 0) is 16.1 Å². The number of rotatable bonds is 4. The summed E-state index contributed by atoms with van der Waals surface area (Å²) < 4.78 is 26.5. The van der Waals surface area contributed by atoms with Crippen LogP contribution >= 0.6 is 0 Å². The maximum Gasteiger partial charge on any atom is 0.410 e. The summed E-state index contributed by atoms with van der Waals surface area (Å²) >= 11 is 0. The lowest BCUT2D eigenvalue weighted by Gasteiger charge is -2.20. The number of carbonyl (C=O) groups excluding carboxylic acids is 1. The number of carboxylic acid groups (broad SMARTS) is 1. The molecule has 5 nitrogen and oxygen atoms in total. The van der Waals surface area contributed by atoms with Crippen molar-refractivity contribution in [2.24, 2.45) is 0 Å². The van der Waals surface area contributed by atoms with Gasteiger partial charge in [0.05, 0.1) is 0 Å². The number of hydrogen-bond acceptors (Lipinski definition) is 3. The summed E-state index contributed by atoms with van der Waals surface area (Å²) in [6, 6.07) is 7.16. The first-order valence-electron chi connectivity index (χ1n) is 6.46. The third kappa shape index (κ3) is 3.79. The van der Waals surface area contributed by atoms with Crippen LogP contribution in [0.2, 0.25) is 0 Å². The van der Waals surface area contributed by atoms with Gasteiger partial charge in [0.2, 0.25) is 0 Å². The highest BCUT2D eigenvalue weighted by atomic mass is 16.6. The van der Waals surface area contributed by atoms with E-state index in [1.165, 1.54) is 0 Å². The molecule has 1 aromatic rings. The van der Waals surface area contributed by atoms with Gasteiger partial charge in [-0.15, -0.1) is 0 Å². The molecule has 92 valence electrons. The summed E-state index contributed by atoms with van der Waals surface area (Å²) in [5.74, 6) is -1.42. The summed E-state index contributed by atoms with van der Waals surface area (Å²) in [7, 11) is 0. The molecule has 1 N–H and O–H groups in total. The van der Waals surface area contributed by atoms with Crippen molar-refractivity contribution in [3.63, 3.8) is 0 Å². The van der Waals surface area contributed by atoms with Gasteiger partial charge in [-0.05, 0) is 12.5 Å². The third-order valence-electron chi connectivity index (χ3n) is 2.15. The fraction of sp³-hybridized carbons (Fsp3) is 0.333. The van der Waals surface area contributed by atoms with Crippen molar-refractivity contribution in [2.75, 3.05) is 6.98 Å². The molecule has 0 aliphatic carbocycles. The topological polar surface area (TPSA) is 66.8 Å². The highest BCUT2D eigenvalue weighted by Gasteiger charge is 2.22. The molecule has 0 aromatic heterocycles. The van der Waals surface area contributed by atoms with Crippen molar-refractivity contribution in [3.05, 3.63) is 35.9 Å². The molecule has 0 heterocycles. The van der Waals surface area contributed by atoms with Crippen LogP contribution < -0.4 is 0 Å². The predicted molar refractivity (Wildman–Crippen MR) is 61.5 cm³/mol. The molecule has 0 fully saturated rings. The number of hydrogen-bond donors (Lipinski definition) is 1. The Labute approximate surface area is 104 Å². The average molecular weight is 240 g/mol. The van der Waals surface area contributed by atoms with E-state index in [-0.39, 0.29) is 11.5 Å². The van der Waals surface area contributed by atoms with Crippen LogP contribution in [-0.4, -0.2) is 35.1 Å². The zero-order chi connectivity index (χ0) is 15.3. The van der Waals surface area contributed by atoms with Gasteiger partial charge < -0.3 is 9.84 Å². The van der Waals surface area contributed by atoms with E-state index in [1.807, 2.05) is 0 Å². The zero-order valence-corrected chi connectivity index (χ0v) is 9.29. The van der Waals surface area contributed by atoms with Crippen molar-refractivity contribution >= 4 is 12.1 Å². The lowest BCUT2D eigenvalue weighted by atomic mass is 10.2. The lowest BCUT2D eigenvalue weighted by Crippen LogP contribution is -2.40. The second kappa shape index (κ2) is 5.89. The molecule has 1 atom stereocenters. The number of ether oxygens (including phenoxy) is 1. The molecule has 1 unspecified atom stereocenters. The van der Waals surface area contributed by atoms with Gasteiger partial charge >= 0.3 is 12.1 Å². The molecule has 5 heteroatoms. The first-order valence-corrected chi connectivity index (χ1v) is 4.96. The molecule has 1 rings (SSSR count). The molecular weight excluding hydrogens is 222 g/mol. The highest BCUT2D eigenvalue weighted by Crippen LogP contribution is 2.04. The Balaban J connectivity index is 2.77. The summed E-state index contributed by atoms with van der Waals surface area (Å²) in [5, 5.41) is 8.85. The maximum atomic E-state index is 11.8. The van der Waals surface area contributed by atoms with Gasteiger partial charge in [-0.1, -0.05) is 30.3 Å². The van der Waals surface area contributed by atoms with E-state index >= 15 is 0 Å². The molecule has 0 radical (unpaired) electrons. The van der Waals surface area contributed by atoms with E-state index in [1.54, 1.807) is 30.3 Å². The van der Waals surface area contributed by atoms with Crippen LogP contribution in [0.5, 0.6) is 0 Å². The van der Waals surface area contributed by atoms with E-state index in [4.69, 9.17) is 14.0 Å². The van der Waals surface area contributed by atoms with Crippen LogP contribution in [0.15, 0.2) is 30.3 Å². The van der Waals surface area contributed by atoms with Gasteiger partial charge in [0, 0.05) is 11.1 Å². The minimum Gasteiger partial charge on any atom is -0.480 e. The second-order valence-electron chi connectivity index (χ2n) is 3.42. The number of carbonyl (C=O) groups is 2. The highest BCUT2D eigenvalue weighted by molar-refractivity contribution is 5.79. The van der Waals surface area contributed by atoms with Crippen LogP contribution in [0, 0.1) is 0 Å². The van der Waals surface area contributed by atoms with E-state index in [0.29, 0.717) is 5.56 Å². The first-order chi connectivity index (χ1) is 9.23. The monoisotopic (exact) mass is 240 g/mol. The van der Waals surface area contributed by atoms with E-state index in [9.17, 15) is 9.59 Å². The molecule has 0 saturated carbocycles. The van der Waals surface area contributed by atoms with Gasteiger partial charge in [0.1, 0.15) is 12.6 Å². The summed E-state index contributed by atoms with van der Waals surface area (Å²) in [5.41, 5.74) is 0.675. The fourth-order valence-corrected chi connectivity index (χ4v) is 1.06. The second-order valence-corrected chi connectivity index (χ2v) is 3.42. The Kier molecular flexibility index (Phi) is 3.13. The van der Waals surface area contributed by atoms with Gasteiger partial charge in [0.25, 0.3) is 0 Å². The van der Waals surface area contributed by atoms with Crippen molar-refractivity contribution in [1.82, 2.24) is 4.90 Å². The number of benzene rings is 1. The van der Waals surface area contributed by atoms with Crippen LogP contribution in [0.25, 0.3) is 0 Å². The Bertz CT molecular complexity index is 475. The minimum atomic E-state index is -2.88. The Morgan fingerprint density at radius 1 is 1.47 bits per heavy atom. The number of amides is 1. The summed E-state index contributed by atoms with van der Waals surface area (Å²) in [6.45, 7) is -1.90. The van der Waals surface area contributed by atoms with Crippen LogP contribution in [0.4, 0.5) is 4.79 Å². The average Bonchev–Trinajstić information content (AvgIpc) is 2.36. The Hall–Kier alpha value is -2.04. The largest absolute Gasteiger partial charge is 0.480 e. The smallest absolute Gasteiger partial charge is 0.410 e. The summed E-state index contributed by atoms with van der Waals surface area (Å²) in [6.07, 6.45) is -1.19. The number of nitrogens with zero attached hydrogens (tertiary/aromatic N) is 1. The first kappa shape index (κ1) is 9.04. The molecule has 17 heavy (non-hydrogen) atoms. The Morgan fingerprint density at radius 2 is 2.12 bits per heavy atom. The van der Waals surface area contributed by atoms with Crippen LogP contribution in [0.3, 0.4) is 0 Å². The molecule has 1 amide bonds. The molecule has 1 aromatic carbocycles. The summed E-state index contributed by atoms with van der Waals surface area (Å²) in [4.78, 5) is 22.9. The predicted octanol–water partition coefficient (Wildman–Crippen LogP) is 1.73. The van der Waals surface area contributed by atoms with Crippen molar-refractivity contribution in [3.8, 4) is 0 Å². The van der Waals surface area contributed by atoms with Crippen molar-refractivity contribution in [1.29, 1.82) is 0 Å². The molecule has 0 spiro atoms. The Morgan fingerprint density at radius 3 is 2.65 bits per heavy atom. The minimum absolute atomic E-state index is 0.126. The van der Waals surface area contributed by atoms with E-state index in [0.717, 1.165) is 6.92 Å². The third-order valence-corrected chi connectivity index (χ3v) is 2.15. The van der Waals surface area contributed by atoms with Gasteiger partial charge in [0.15, 0.2) is 0 Å². The maximum absolute atomic E-state index is 11.8. The molecular formula is C12H15NO4. The van der Waals surface area contributed by atoms with E-state index in [2.05, 4.69) is 0 Å². The molecule has 0 aliphatic rings. The quantitative estimate of drug-likeness (QED) is 0.870. The van der Waals surface area contributed by atoms with Gasteiger partial charge in [-0.3, -0.25) is 4.90 Å². The standard InChI is InChI=1S/C12H15NO4/c1-9(11(14)15)13(2)12(16)17-8-10-6-4-3-5-7-10/h3-7,9H,8H2,1-2H3,(H,14,15)/i2D3. The lowest BCUT2D eigenvalue weighted by molar-refractivity contribution is -0.141. The van der Waals surface area contributed by atoms with Crippen LogP contribution in [0.1, 0.15) is 16.6 Å². The SMILES string of the molecule is [2H]C([2H])([2H])N(C(=O)OCc1ccccc1)C(C)C(=O)O. The normalized spacial score (nSPS) is 15.0. The number of carboxylic acids is 1. The van der Waals surface area contributed by atoms with E-state index < -0.39 is 25.1 Å². The molecule has 0 bridgehead atoms. The van der Waals surface area contributed by atoms with Crippen molar-refractivity contribution in [2.45, 2.75) is 19.6 Å². The fourth-order valence-electron chi connectivity index (χ4n) is 1.06.